The summed E-state index contributed by atoms with van der Waals surface area (Å²) in [5.41, 5.74) is 0.867. The number of anilines is 1. The minimum absolute atomic E-state index is 0.192. The number of hydrogen-bond acceptors (Lipinski definition) is 3. The molecule has 1 aromatic rings. The summed E-state index contributed by atoms with van der Waals surface area (Å²) in [5, 5.41) is 3.69. The van der Waals surface area contributed by atoms with Gasteiger partial charge >= 0.3 is 5.97 Å². The Hall–Kier alpha value is -1.22. The highest BCUT2D eigenvalue weighted by molar-refractivity contribution is 6.30. The zero-order valence-electron chi connectivity index (χ0n) is 12.2. The molecule has 1 aromatic carbocycles. The standard InChI is InChI=1S/C16H24ClNO2/c1-2-3-4-5-6-7-12-20-16(19)13-18-15-10-8-14(17)9-11-15/h8-11,18H,2-7,12-13H2,1H3. The Morgan fingerprint density at radius 1 is 1.10 bits per heavy atom. The van der Waals surface area contributed by atoms with Crippen molar-refractivity contribution in [1.29, 1.82) is 0 Å². The molecule has 0 spiro atoms. The fourth-order valence-corrected chi connectivity index (χ4v) is 1.99. The first-order valence-electron chi connectivity index (χ1n) is 7.37. The number of halogens is 1. The van der Waals surface area contributed by atoms with E-state index < -0.39 is 0 Å². The predicted octanol–water partition coefficient (Wildman–Crippen LogP) is 4.66. The van der Waals surface area contributed by atoms with Crippen LogP contribution in [0.4, 0.5) is 5.69 Å². The third-order valence-corrected chi connectivity index (χ3v) is 3.29. The molecule has 4 heteroatoms. The van der Waals surface area contributed by atoms with Crippen LogP contribution in [0.15, 0.2) is 24.3 Å². The predicted molar refractivity (Wildman–Crippen MR) is 84.3 cm³/mol. The van der Waals surface area contributed by atoms with Gasteiger partial charge in [-0.15, -0.1) is 0 Å². The monoisotopic (exact) mass is 297 g/mol. The zero-order chi connectivity index (χ0) is 14.6. The van der Waals surface area contributed by atoms with Crippen molar-refractivity contribution < 1.29 is 9.53 Å². The molecule has 0 radical (unpaired) electrons. The Balaban J connectivity index is 2.01. The van der Waals surface area contributed by atoms with Gasteiger partial charge in [-0.25, -0.2) is 0 Å². The van der Waals surface area contributed by atoms with Crippen molar-refractivity contribution in [2.24, 2.45) is 0 Å². The minimum Gasteiger partial charge on any atom is -0.464 e. The van der Waals surface area contributed by atoms with Crippen LogP contribution >= 0.6 is 11.6 Å². The van der Waals surface area contributed by atoms with Gasteiger partial charge in [-0.05, 0) is 30.7 Å². The third-order valence-electron chi connectivity index (χ3n) is 3.04. The highest BCUT2D eigenvalue weighted by Gasteiger charge is 2.02. The molecule has 0 aliphatic rings. The highest BCUT2D eigenvalue weighted by Crippen LogP contribution is 2.13. The van der Waals surface area contributed by atoms with E-state index >= 15 is 0 Å². The van der Waals surface area contributed by atoms with E-state index in [4.69, 9.17) is 16.3 Å². The number of carbonyl (C=O) groups is 1. The van der Waals surface area contributed by atoms with Crippen LogP contribution in [0.3, 0.4) is 0 Å². The summed E-state index contributed by atoms with van der Waals surface area (Å²) in [5.74, 6) is -0.214. The number of hydrogen-bond donors (Lipinski definition) is 1. The summed E-state index contributed by atoms with van der Waals surface area (Å²) < 4.78 is 5.17. The van der Waals surface area contributed by atoms with Crippen molar-refractivity contribution in [2.45, 2.75) is 45.4 Å². The van der Waals surface area contributed by atoms with Crippen molar-refractivity contribution in [3.05, 3.63) is 29.3 Å². The maximum Gasteiger partial charge on any atom is 0.325 e. The molecule has 0 aliphatic heterocycles. The first-order valence-corrected chi connectivity index (χ1v) is 7.75. The van der Waals surface area contributed by atoms with Crippen LogP contribution in [0.25, 0.3) is 0 Å². The quantitative estimate of drug-likeness (QED) is 0.504. The molecule has 1 rings (SSSR count). The van der Waals surface area contributed by atoms with Crippen LogP contribution in [-0.2, 0) is 9.53 Å². The van der Waals surface area contributed by atoms with Crippen molar-refractivity contribution in [3.8, 4) is 0 Å². The number of rotatable bonds is 10. The lowest BCUT2D eigenvalue weighted by molar-refractivity contribution is -0.141. The normalized spacial score (nSPS) is 10.3. The second-order valence-electron chi connectivity index (χ2n) is 4.85. The zero-order valence-corrected chi connectivity index (χ0v) is 12.9. The number of carbonyl (C=O) groups excluding carboxylic acids is 1. The smallest absolute Gasteiger partial charge is 0.325 e. The van der Waals surface area contributed by atoms with E-state index in [0.717, 1.165) is 18.5 Å². The molecule has 1 N–H and O–H groups in total. The second-order valence-corrected chi connectivity index (χ2v) is 5.29. The summed E-state index contributed by atoms with van der Waals surface area (Å²) in [7, 11) is 0. The highest BCUT2D eigenvalue weighted by atomic mass is 35.5. The van der Waals surface area contributed by atoms with Crippen molar-refractivity contribution >= 4 is 23.3 Å². The number of unbranched alkanes of at least 4 members (excludes halogenated alkanes) is 5. The van der Waals surface area contributed by atoms with Gasteiger partial charge in [-0.3, -0.25) is 4.79 Å². The topological polar surface area (TPSA) is 38.3 Å². The lowest BCUT2D eigenvalue weighted by Gasteiger charge is -2.07. The summed E-state index contributed by atoms with van der Waals surface area (Å²) in [6.45, 7) is 2.92. The number of ether oxygens (including phenoxy) is 1. The number of nitrogens with one attached hydrogen (secondary N) is 1. The molecule has 0 heterocycles. The van der Waals surface area contributed by atoms with Crippen LogP contribution in [0.1, 0.15) is 45.4 Å². The largest absolute Gasteiger partial charge is 0.464 e. The lowest BCUT2D eigenvalue weighted by atomic mass is 10.1. The summed E-state index contributed by atoms with van der Waals surface area (Å²) in [6.07, 6.45) is 7.15. The molecule has 0 atom stereocenters. The van der Waals surface area contributed by atoms with E-state index in [2.05, 4.69) is 12.2 Å². The first-order chi connectivity index (χ1) is 9.72. The number of benzene rings is 1. The van der Waals surface area contributed by atoms with Crippen molar-refractivity contribution in [2.75, 3.05) is 18.5 Å². The van der Waals surface area contributed by atoms with Gasteiger partial charge in [0.2, 0.25) is 0 Å². The second kappa shape index (κ2) is 10.6. The van der Waals surface area contributed by atoms with Gasteiger partial charge in [0, 0.05) is 10.7 Å². The molecule has 20 heavy (non-hydrogen) atoms. The maximum atomic E-state index is 11.5. The fraction of sp³-hybridized carbons (Fsp3) is 0.562. The fourth-order valence-electron chi connectivity index (χ4n) is 1.86. The van der Waals surface area contributed by atoms with E-state index in [-0.39, 0.29) is 12.5 Å². The molecule has 0 fully saturated rings. The average Bonchev–Trinajstić information content (AvgIpc) is 2.46. The molecule has 3 nitrogen and oxygen atoms in total. The minimum atomic E-state index is -0.214. The summed E-state index contributed by atoms with van der Waals surface area (Å²) >= 11 is 5.78. The van der Waals surface area contributed by atoms with Gasteiger partial charge in [0.05, 0.1) is 6.61 Å². The SMILES string of the molecule is CCCCCCCCOC(=O)CNc1ccc(Cl)cc1. The van der Waals surface area contributed by atoms with E-state index in [9.17, 15) is 4.79 Å². The Morgan fingerprint density at radius 3 is 2.45 bits per heavy atom. The Morgan fingerprint density at radius 2 is 1.75 bits per heavy atom. The van der Waals surface area contributed by atoms with E-state index in [0.29, 0.717) is 11.6 Å². The molecule has 0 aliphatic carbocycles. The molecule has 0 bridgehead atoms. The van der Waals surface area contributed by atoms with E-state index in [1.807, 2.05) is 12.1 Å². The van der Waals surface area contributed by atoms with Crippen LogP contribution < -0.4 is 5.32 Å². The van der Waals surface area contributed by atoms with Gasteiger partial charge in [-0.2, -0.15) is 0 Å². The average molecular weight is 298 g/mol. The van der Waals surface area contributed by atoms with Crippen LogP contribution in [0.5, 0.6) is 0 Å². The molecular formula is C16H24ClNO2. The van der Waals surface area contributed by atoms with Gasteiger partial charge < -0.3 is 10.1 Å². The van der Waals surface area contributed by atoms with Crippen LogP contribution in [0.2, 0.25) is 5.02 Å². The Bertz CT molecular complexity index is 379. The van der Waals surface area contributed by atoms with Gasteiger partial charge in [0.1, 0.15) is 6.54 Å². The van der Waals surface area contributed by atoms with Gasteiger partial charge in [0.15, 0.2) is 0 Å². The van der Waals surface area contributed by atoms with Crippen LogP contribution in [0, 0.1) is 0 Å². The van der Waals surface area contributed by atoms with Gasteiger partial charge in [-0.1, -0.05) is 50.6 Å². The molecule has 0 amide bonds. The Labute approximate surface area is 126 Å². The summed E-state index contributed by atoms with van der Waals surface area (Å²) in [4.78, 5) is 11.5. The lowest BCUT2D eigenvalue weighted by Crippen LogP contribution is -2.17. The van der Waals surface area contributed by atoms with Crippen LogP contribution in [-0.4, -0.2) is 19.1 Å². The summed E-state index contributed by atoms with van der Waals surface area (Å²) in [6, 6.07) is 7.24. The molecule has 0 saturated heterocycles. The van der Waals surface area contributed by atoms with E-state index in [1.165, 1.54) is 25.7 Å². The first kappa shape index (κ1) is 16.8. The number of esters is 1. The van der Waals surface area contributed by atoms with Crippen molar-refractivity contribution in [1.82, 2.24) is 0 Å². The molecule has 0 unspecified atom stereocenters. The Kier molecular flexibility index (Phi) is 8.88. The molecule has 0 saturated carbocycles. The third kappa shape index (κ3) is 8.05. The van der Waals surface area contributed by atoms with Crippen molar-refractivity contribution in [3.63, 3.8) is 0 Å². The molecule has 0 aromatic heterocycles. The van der Waals surface area contributed by atoms with E-state index in [1.54, 1.807) is 12.1 Å². The van der Waals surface area contributed by atoms with Gasteiger partial charge in [0.25, 0.3) is 0 Å². The molecular weight excluding hydrogens is 274 g/mol. The molecule has 112 valence electrons. The maximum absolute atomic E-state index is 11.5.